The van der Waals surface area contributed by atoms with E-state index in [1.165, 1.54) is 6.07 Å². The van der Waals surface area contributed by atoms with Gasteiger partial charge in [-0.3, -0.25) is 14.9 Å². The monoisotopic (exact) mass is 310 g/mol. The molecular formula is C12H8ClFN4O3. The fourth-order valence-corrected chi connectivity index (χ4v) is 1.84. The van der Waals surface area contributed by atoms with Crippen molar-refractivity contribution in [2.75, 3.05) is 11.1 Å². The first-order chi connectivity index (χ1) is 9.86. The third-order valence-corrected chi connectivity index (χ3v) is 2.68. The van der Waals surface area contributed by atoms with E-state index in [0.717, 1.165) is 24.4 Å². The Hall–Kier alpha value is -2.74. The smallest absolute Gasteiger partial charge is 0.300 e. The number of hydrogen-bond donors (Lipinski definition) is 2. The van der Waals surface area contributed by atoms with Gasteiger partial charge in [-0.25, -0.2) is 9.37 Å². The van der Waals surface area contributed by atoms with Gasteiger partial charge in [-0.05, 0) is 24.3 Å². The third-order valence-electron chi connectivity index (χ3n) is 2.47. The number of anilines is 2. The van der Waals surface area contributed by atoms with Crippen molar-refractivity contribution in [3.8, 4) is 0 Å². The average Bonchev–Trinajstić information content (AvgIpc) is 2.36. The third kappa shape index (κ3) is 3.42. The van der Waals surface area contributed by atoms with Crippen LogP contribution in [0.3, 0.4) is 0 Å². The first-order valence-corrected chi connectivity index (χ1v) is 5.92. The normalized spacial score (nSPS) is 10.2. The number of nitrogens with one attached hydrogen (secondary N) is 1. The molecule has 0 spiro atoms. The predicted octanol–water partition coefficient (Wildman–Crippen LogP) is 2.62. The molecule has 9 heteroatoms. The van der Waals surface area contributed by atoms with Crippen LogP contribution in [-0.2, 0) is 0 Å². The second-order valence-electron chi connectivity index (χ2n) is 4.00. The largest absolute Gasteiger partial charge is 0.384 e. The molecule has 0 bridgehead atoms. The molecule has 0 saturated carbocycles. The van der Waals surface area contributed by atoms with Gasteiger partial charge in [0.05, 0.1) is 4.92 Å². The van der Waals surface area contributed by atoms with Crippen LogP contribution in [0.4, 0.5) is 21.6 Å². The lowest BCUT2D eigenvalue weighted by Gasteiger charge is -2.07. The molecule has 2 rings (SSSR count). The van der Waals surface area contributed by atoms with Crippen LogP contribution < -0.4 is 11.1 Å². The lowest BCUT2D eigenvalue weighted by atomic mass is 10.2. The molecule has 0 saturated heterocycles. The van der Waals surface area contributed by atoms with Crippen LogP contribution in [0.2, 0.25) is 5.02 Å². The van der Waals surface area contributed by atoms with Gasteiger partial charge in [0.1, 0.15) is 23.4 Å². The minimum Gasteiger partial charge on any atom is -0.384 e. The number of carbonyl (C=O) groups is 1. The molecule has 21 heavy (non-hydrogen) atoms. The summed E-state index contributed by atoms with van der Waals surface area (Å²) in [7, 11) is 0. The molecule has 2 aromatic rings. The van der Waals surface area contributed by atoms with Crippen LogP contribution in [0.25, 0.3) is 0 Å². The minimum absolute atomic E-state index is 0.0528. The molecule has 1 amide bonds. The number of nitrogens with zero attached hydrogens (tertiary/aromatic N) is 2. The summed E-state index contributed by atoms with van der Waals surface area (Å²) < 4.78 is 13.2. The maximum Gasteiger partial charge on any atom is 0.300 e. The quantitative estimate of drug-likeness (QED) is 0.668. The van der Waals surface area contributed by atoms with Crippen LogP contribution in [0.1, 0.15) is 10.4 Å². The SMILES string of the molecule is Nc1cc(C(=O)Nc2cc(F)cc(Cl)c2)c([N+](=O)[O-])cn1. The van der Waals surface area contributed by atoms with E-state index in [4.69, 9.17) is 17.3 Å². The molecular weight excluding hydrogens is 303 g/mol. The fraction of sp³-hybridized carbons (Fsp3) is 0. The summed E-state index contributed by atoms with van der Waals surface area (Å²) in [6.07, 6.45) is 0.878. The van der Waals surface area contributed by atoms with Crippen molar-refractivity contribution in [1.82, 2.24) is 4.98 Å². The van der Waals surface area contributed by atoms with Crippen molar-refractivity contribution >= 4 is 34.7 Å². The lowest BCUT2D eigenvalue weighted by Crippen LogP contribution is -2.15. The van der Waals surface area contributed by atoms with Crippen molar-refractivity contribution in [3.05, 3.63) is 57.0 Å². The molecule has 1 aromatic heterocycles. The first-order valence-electron chi connectivity index (χ1n) is 5.54. The van der Waals surface area contributed by atoms with Gasteiger partial charge in [-0.15, -0.1) is 0 Å². The Labute approximate surface area is 122 Å². The van der Waals surface area contributed by atoms with Crippen LogP contribution in [-0.4, -0.2) is 15.8 Å². The number of nitrogens with two attached hydrogens (primary N) is 1. The van der Waals surface area contributed by atoms with Crippen molar-refractivity contribution in [1.29, 1.82) is 0 Å². The van der Waals surface area contributed by atoms with Gasteiger partial charge in [0.15, 0.2) is 0 Å². The van der Waals surface area contributed by atoms with Crippen molar-refractivity contribution in [2.45, 2.75) is 0 Å². The summed E-state index contributed by atoms with van der Waals surface area (Å²) in [5, 5.41) is 13.3. The predicted molar refractivity (Wildman–Crippen MR) is 74.7 cm³/mol. The molecule has 3 N–H and O–H groups in total. The Morgan fingerprint density at radius 1 is 1.38 bits per heavy atom. The van der Waals surface area contributed by atoms with E-state index < -0.39 is 22.3 Å². The average molecular weight is 311 g/mol. The van der Waals surface area contributed by atoms with Crippen LogP contribution in [0.5, 0.6) is 0 Å². The molecule has 108 valence electrons. The molecule has 0 aliphatic carbocycles. The van der Waals surface area contributed by atoms with E-state index in [-0.39, 0.29) is 22.1 Å². The standard InChI is InChI=1S/C12H8ClFN4O3/c13-6-1-7(14)3-8(2-6)17-12(19)9-4-11(15)16-5-10(9)18(20)21/h1-5H,(H2,15,16)(H,17,19). The Morgan fingerprint density at radius 3 is 2.71 bits per heavy atom. The summed E-state index contributed by atoms with van der Waals surface area (Å²) >= 11 is 5.66. The number of aromatic nitrogens is 1. The topological polar surface area (TPSA) is 111 Å². The maximum absolute atomic E-state index is 13.2. The molecule has 0 atom stereocenters. The molecule has 0 aliphatic rings. The van der Waals surface area contributed by atoms with Gasteiger partial charge in [0.25, 0.3) is 11.6 Å². The second-order valence-corrected chi connectivity index (χ2v) is 4.43. The molecule has 7 nitrogen and oxygen atoms in total. The van der Waals surface area contributed by atoms with E-state index in [0.29, 0.717) is 0 Å². The van der Waals surface area contributed by atoms with Crippen LogP contribution >= 0.6 is 11.6 Å². The van der Waals surface area contributed by atoms with Gasteiger partial charge >= 0.3 is 0 Å². The number of amides is 1. The zero-order valence-corrected chi connectivity index (χ0v) is 11.1. The van der Waals surface area contributed by atoms with Crippen LogP contribution in [0, 0.1) is 15.9 Å². The minimum atomic E-state index is -0.822. The number of nitro groups is 1. The number of carbonyl (C=O) groups excluding carboxylic acids is 1. The van der Waals surface area contributed by atoms with E-state index in [9.17, 15) is 19.3 Å². The van der Waals surface area contributed by atoms with Crippen molar-refractivity contribution in [3.63, 3.8) is 0 Å². The number of pyridine rings is 1. The zero-order chi connectivity index (χ0) is 15.6. The molecule has 0 aliphatic heterocycles. The first kappa shape index (κ1) is 14.7. The van der Waals surface area contributed by atoms with E-state index in [1.54, 1.807) is 0 Å². The highest BCUT2D eigenvalue weighted by atomic mass is 35.5. The number of hydrogen-bond acceptors (Lipinski definition) is 5. The number of benzene rings is 1. The van der Waals surface area contributed by atoms with Gasteiger partial charge in [0.2, 0.25) is 0 Å². The summed E-state index contributed by atoms with van der Waals surface area (Å²) in [5.41, 5.74) is 4.68. The highest BCUT2D eigenvalue weighted by Gasteiger charge is 2.21. The number of rotatable bonds is 3. The molecule has 1 aromatic carbocycles. The van der Waals surface area contributed by atoms with Gasteiger partial charge in [-0.1, -0.05) is 11.6 Å². The highest BCUT2D eigenvalue weighted by Crippen LogP contribution is 2.22. The number of nitrogen functional groups attached to an aromatic ring is 1. The van der Waals surface area contributed by atoms with E-state index in [2.05, 4.69) is 10.3 Å². The van der Waals surface area contributed by atoms with E-state index in [1.807, 2.05) is 0 Å². The Kier molecular flexibility index (Phi) is 3.99. The van der Waals surface area contributed by atoms with E-state index >= 15 is 0 Å². The second kappa shape index (κ2) is 5.71. The van der Waals surface area contributed by atoms with Crippen molar-refractivity contribution in [2.24, 2.45) is 0 Å². The Morgan fingerprint density at radius 2 is 2.10 bits per heavy atom. The van der Waals surface area contributed by atoms with Crippen LogP contribution in [0.15, 0.2) is 30.5 Å². The summed E-state index contributed by atoms with van der Waals surface area (Å²) in [6.45, 7) is 0. The van der Waals surface area contributed by atoms with Gasteiger partial charge in [0, 0.05) is 10.7 Å². The molecule has 1 heterocycles. The summed E-state index contributed by atoms with van der Waals surface area (Å²) in [4.78, 5) is 25.7. The maximum atomic E-state index is 13.2. The Balaban J connectivity index is 2.36. The molecule has 0 fully saturated rings. The molecule has 0 unspecified atom stereocenters. The molecule has 0 radical (unpaired) electrons. The van der Waals surface area contributed by atoms with Gasteiger partial charge in [-0.2, -0.15) is 0 Å². The van der Waals surface area contributed by atoms with Gasteiger partial charge < -0.3 is 11.1 Å². The summed E-state index contributed by atoms with van der Waals surface area (Å²) in [6, 6.07) is 4.46. The highest BCUT2D eigenvalue weighted by molar-refractivity contribution is 6.31. The number of halogens is 2. The van der Waals surface area contributed by atoms with Crippen molar-refractivity contribution < 1.29 is 14.1 Å². The fourth-order valence-electron chi connectivity index (χ4n) is 1.62. The Bertz CT molecular complexity index is 718. The summed E-state index contributed by atoms with van der Waals surface area (Å²) in [5.74, 6) is -1.53. The zero-order valence-electron chi connectivity index (χ0n) is 10.3. The lowest BCUT2D eigenvalue weighted by molar-refractivity contribution is -0.385.